The van der Waals surface area contributed by atoms with Crippen LogP contribution in [0.4, 0.5) is 0 Å². The van der Waals surface area contributed by atoms with Gasteiger partial charge in [0.25, 0.3) is 0 Å². The van der Waals surface area contributed by atoms with Crippen molar-refractivity contribution in [2.45, 2.75) is 97.9 Å². The van der Waals surface area contributed by atoms with Crippen molar-refractivity contribution in [2.24, 2.45) is 5.92 Å². The summed E-state index contributed by atoms with van der Waals surface area (Å²) in [5.41, 5.74) is 1.62. The number of unbranched alkanes of at least 4 members (excludes halogenated alkanes) is 6. The Bertz CT molecular complexity index is 668. The Labute approximate surface area is 188 Å². The number of Topliss-reactive ketones (excluding diaryl/α,β-unsaturated/α-hetero) is 1. The van der Waals surface area contributed by atoms with Gasteiger partial charge in [0.1, 0.15) is 6.04 Å². The van der Waals surface area contributed by atoms with Crippen LogP contribution < -0.4 is 10.6 Å². The molecule has 0 spiro atoms. The number of ketones is 1. The van der Waals surface area contributed by atoms with E-state index in [4.69, 9.17) is 0 Å². The number of nitrogens with one attached hydrogen (secondary N) is 2. The lowest BCUT2D eigenvalue weighted by atomic mass is 10.0. The second kappa shape index (κ2) is 15.6. The molecule has 173 valence electrons. The van der Waals surface area contributed by atoms with E-state index >= 15 is 0 Å². The van der Waals surface area contributed by atoms with Gasteiger partial charge in [-0.25, -0.2) is 0 Å². The molecule has 0 bridgehead atoms. The van der Waals surface area contributed by atoms with Crippen LogP contribution in [0.3, 0.4) is 0 Å². The summed E-state index contributed by atoms with van der Waals surface area (Å²) < 4.78 is 0. The molecular weight excluding hydrogens is 388 g/mol. The van der Waals surface area contributed by atoms with Gasteiger partial charge in [-0.15, -0.1) is 0 Å². The molecular formula is C26H41N2O3. The molecule has 0 fully saturated rings. The molecule has 5 heteroatoms. The molecule has 2 N–H and O–H groups in total. The molecule has 0 saturated heterocycles. The van der Waals surface area contributed by atoms with E-state index in [1.807, 2.05) is 19.1 Å². The highest BCUT2D eigenvalue weighted by atomic mass is 16.2. The molecule has 0 aliphatic carbocycles. The first-order valence-corrected chi connectivity index (χ1v) is 11.8. The lowest BCUT2D eigenvalue weighted by Crippen LogP contribution is -2.47. The van der Waals surface area contributed by atoms with E-state index in [0.717, 1.165) is 31.2 Å². The molecule has 1 rings (SSSR count). The van der Waals surface area contributed by atoms with E-state index in [1.54, 1.807) is 18.7 Å². The SMILES string of the molecule is CCCCCCCCCC(=O)N[C@H](CC(=O)c1ccc(C)cc1)C(=O)N[CH]CC(C)C. The summed E-state index contributed by atoms with van der Waals surface area (Å²) in [4.78, 5) is 37.8. The first-order chi connectivity index (χ1) is 14.8. The molecule has 31 heavy (non-hydrogen) atoms. The van der Waals surface area contributed by atoms with Crippen molar-refractivity contribution in [3.63, 3.8) is 0 Å². The summed E-state index contributed by atoms with van der Waals surface area (Å²) in [6.45, 7) is 9.98. The van der Waals surface area contributed by atoms with Crippen molar-refractivity contribution in [1.29, 1.82) is 0 Å². The van der Waals surface area contributed by atoms with E-state index < -0.39 is 6.04 Å². The minimum atomic E-state index is -0.866. The fraction of sp³-hybridized carbons (Fsp3) is 0.615. The molecule has 1 atom stereocenters. The summed E-state index contributed by atoms with van der Waals surface area (Å²) >= 11 is 0. The Kier molecular flexibility index (Phi) is 13.5. The highest BCUT2D eigenvalue weighted by molar-refractivity contribution is 6.00. The van der Waals surface area contributed by atoms with Crippen molar-refractivity contribution in [2.75, 3.05) is 0 Å². The monoisotopic (exact) mass is 429 g/mol. The highest BCUT2D eigenvalue weighted by Gasteiger charge is 2.24. The van der Waals surface area contributed by atoms with Gasteiger partial charge in [0.2, 0.25) is 11.8 Å². The fourth-order valence-corrected chi connectivity index (χ4v) is 3.26. The van der Waals surface area contributed by atoms with Crippen molar-refractivity contribution < 1.29 is 14.4 Å². The van der Waals surface area contributed by atoms with Gasteiger partial charge >= 0.3 is 0 Å². The third-order valence-electron chi connectivity index (χ3n) is 5.26. The molecule has 0 aliphatic heterocycles. The van der Waals surface area contributed by atoms with Crippen LogP contribution >= 0.6 is 0 Å². The Morgan fingerprint density at radius 1 is 0.935 bits per heavy atom. The van der Waals surface area contributed by atoms with Crippen LogP contribution in [-0.2, 0) is 9.59 Å². The Morgan fingerprint density at radius 2 is 1.55 bits per heavy atom. The number of aryl methyl sites for hydroxylation is 1. The van der Waals surface area contributed by atoms with Gasteiger partial charge in [-0.3, -0.25) is 14.4 Å². The fourth-order valence-electron chi connectivity index (χ4n) is 3.26. The van der Waals surface area contributed by atoms with Gasteiger partial charge in [-0.2, -0.15) is 0 Å². The maximum atomic E-state index is 12.7. The normalized spacial score (nSPS) is 11.9. The summed E-state index contributed by atoms with van der Waals surface area (Å²) in [5.74, 6) is -0.247. The van der Waals surface area contributed by atoms with Gasteiger partial charge in [0.05, 0.1) is 0 Å². The lowest BCUT2D eigenvalue weighted by Gasteiger charge is -2.18. The van der Waals surface area contributed by atoms with E-state index in [-0.39, 0.29) is 24.0 Å². The van der Waals surface area contributed by atoms with Crippen molar-refractivity contribution in [3.05, 3.63) is 41.9 Å². The van der Waals surface area contributed by atoms with Gasteiger partial charge in [0.15, 0.2) is 5.78 Å². The molecule has 0 heterocycles. The summed E-state index contributed by atoms with van der Waals surface area (Å²) in [5, 5.41) is 5.54. The second-order valence-electron chi connectivity index (χ2n) is 8.83. The van der Waals surface area contributed by atoms with Crippen LogP contribution in [0, 0.1) is 19.4 Å². The highest BCUT2D eigenvalue weighted by Crippen LogP contribution is 2.11. The van der Waals surface area contributed by atoms with Gasteiger partial charge in [-0.05, 0) is 25.7 Å². The molecule has 1 radical (unpaired) electrons. The van der Waals surface area contributed by atoms with Crippen molar-refractivity contribution in [1.82, 2.24) is 10.6 Å². The first-order valence-electron chi connectivity index (χ1n) is 11.8. The number of rotatable bonds is 16. The molecule has 0 aliphatic rings. The Morgan fingerprint density at radius 3 is 2.16 bits per heavy atom. The molecule has 1 aromatic carbocycles. The predicted octanol–water partition coefficient (Wildman–Crippen LogP) is 5.52. The van der Waals surface area contributed by atoms with E-state index in [2.05, 4.69) is 31.4 Å². The van der Waals surface area contributed by atoms with E-state index in [9.17, 15) is 14.4 Å². The van der Waals surface area contributed by atoms with Crippen LogP contribution in [0.25, 0.3) is 0 Å². The molecule has 1 aromatic rings. The topological polar surface area (TPSA) is 75.3 Å². The summed E-state index contributed by atoms with van der Waals surface area (Å²) in [6.07, 6.45) is 8.96. The third-order valence-corrected chi connectivity index (χ3v) is 5.26. The zero-order valence-electron chi connectivity index (χ0n) is 19.8. The van der Waals surface area contributed by atoms with Gasteiger partial charge < -0.3 is 10.6 Å². The Hall–Kier alpha value is -2.17. The maximum Gasteiger partial charge on any atom is 0.243 e. The van der Waals surface area contributed by atoms with Crippen molar-refractivity contribution >= 4 is 17.6 Å². The minimum absolute atomic E-state index is 0.0484. The minimum Gasteiger partial charge on any atom is -0.349 e. The molecule has 0 unspecified atom stereocenters. The first kappa shape index (κ1) is 26.9. The second-order valence-corrected chi connectivity index (χ2v) is 8.83. The standard InChI is InChI=1S/C26H41N2O3/c1-5-6-7-8-9-10-11-12-25(30)28-23(26(31)27-18-17-20(2)3)19-24(29)22-15-13-21(4)14-16-22/h13-16,18,20,23H,5-12,17,19H2,1-4H3,(H,27,31)(H,28,30)/t23-/m1/s1. The number of hydrogen-bond acceptors (Lipinski definition) is 3. The van der Waals surface area contributed by atoms with Crippen LogP contribution in [0.2, 0.25) is 0 Å². The average Bonchev–Trinajstić information content (AvgIpc) is 2.72. The quantitative estimate of drug-likeness (QED) is 0.268. The number of benzene rings is 1. The zero-order chi connectivity index (χ0) is 23.1. The average molecular weight is 430 g/mol. The molecule has 2 amide bonds. The smallest absolute Gasteiger partial charge is 0.243 e. The summed E-state index contributed by atoms with van der Waals surface area (Å²) in [7, 11) is 0. The third kappa shape index (κ3) is 12.3. The van der Waals surface area contributed by atoms with E-state index in [1.165, 1.54) is 25.7 Å². The van der Waals surface area contributed by atoms with Gasteiger partial charge in [-0.1, -0.05) is 89.1 Å². The zero-order valence-corrected chi connectivity index (χ0v) is 19.8. The van der Waals surface area contributed by atoms with Crippen molar-refractivity contribution in [3.8, 4) is 0 Å². The maximum absolute atomic E-state index is 12.7. The van der Waals surface area contributed by atoms with Gasteiger partial charge in [0, 0.05) is 24.9 Å². The molecule has 5 nitrogen and oxygen atoms in total. The van der Waals surface area contributed by atoms with E-state index in [0.29, 0.717) is 17.9 Å². The number of carbonyl (C=O) groups is 3. The number of carbonyl (C=O) groups excluding carboxylic acids is 3. The van der Waals surface area contributed by atoms with Crippen LogP contribution in [0.1, 0.15) is 101 Å². The molecule has 0 aromatic heterocycles. The summed E-state index contributed by atoms with van der Waals surface area (Å²) in [6, 6.07) is 6.40. The Balaban J connectivity index is 2.58. The van der Waals surface area contributed by atoms with Crippen LogP contribution in [0.5, 0.6) is 0 Å². The largest absolute Gasteiger partial charge is 0.349 e. The molecule has 0 saturated carbocycles. The predicted molar refractivity (Wildman–Crippen MR) is 127 cm³/mol. The lowest BCUT2D eigenvalue weighted by molar-refractivity contribution is -0.128. The van der Waals surface area contributed by atoms with Crippen LogP contribution in [-0.4, -0.2) is 23.6 Å². The number of hydrogen-bond donors (Lipinski definition) is 2. The number of amides is 2. The van der Waals surface area contributed by atoms with Crippen LogP contribution in [0.15, 0.2) is 24.3 Å².